The Morgan fingerprint density at radius 3 is 2.55 bits per heavy atom. The minimum atomic E-state index is -0.805. The Balaban J connectivity index is 2.12. The van der Waals surface area contributed by atoms with Crippen molar-refractivity contribution in [3.63, 3.8) is 0 Å². The van der Waals surface area contributed by atoms with E-state index in [-0.39, 0.29) is 11.3 Å². The molecular weight excluding hydrogens is 258 g/mol. The van der Waals surface area contributed by atoms with Gasteiger partial charge in [0.15, 0.2) is 11.6 Å². The van der Waals surface area contributed by atoms with Crippen LogP contribution in [0.2, 0.25) is 0 Å². The molecule has 0 heterocycles. The minimum absolute atomic E-state index is 0.0178. The van der Waals surface area contributed by atoms with E-state index in [4.69, 9.17) is 0 Å². The summed E-state index contributed by atoms with van der Waals surface area (Å²) in [5.74, 6) is -1.03. The van der Waals surface area contributed by atoms with E-state index in [0.717, 1.165) is 25.3 Å². The Labute approximate surface area is 120 Å². The zero-order valence-electron chi connectivity index (χ0n) is 12.5. The van der Waals surface area contributed by atoms with Crippen LogP contribution in [0.25, 0.3) is 0 Å². The van der Waals surface area contributed by atoms with E-state index >= 15 is 0 Å². The first-order valence-electron chi connectivity index (χ1n) is 7.40. The molecule has 1 saturated carbocycles. The number of hydrogen-bond donors (Lipinski definition) is 1. The lowest BCUT2D eigenvalue weighted by atomic mass is 9.67. The van der Waals surface area contributed by atoms with Crippen molar-refractivity contribution in [3.8, 4) is 0 Å². The molecule has 1 nitrogen and oxygen atoms in total. The summed E-state index contributed by atoms with van der Waals surface area (Å²) in [6.07, 6.45) is 2.64. The van der Waals surface area contributed by atoms with Crippen molar-refractivity contribution in [1.82, 2.24) is 0 Å². The highest BCUT2D eigenvalue weighted by atomic mass is 19.2. The lowest BCUT2D eigenvalue weighted by Crippen LogP contribution is -2.35. The van der Waals surface area contributed by atoms with Gasteiger partial charge in [-0.2, -0.15) is 0 Å². The quantitative estimate of drug-likeness (QED) is 0.856. The van der Waals surface area contributed by atoms with Crippen LogP contribution in [0.4, 0.5) is 8.78 Å². The van der Waals surface area contributed by atoms with Crippen LogP contribution in [0.3, 0.4) is 0 Å². The van der Waals surface area contributed by atoms with Crippen molar-refractivity contribution in [2.24, 2.45) is 17.3 Å². The highest BCUT2D eigenvalue weighted by Gasteiger charge is 2.35. The Bertz CT molecular complexity index is 465. The van der Waals surface area contributed by atoms with Gasteiger partial charge in [0.05, 0.1) is 6.10 Å². The number of aliphatic hydroxyl groups is 1. The first kappa shape index (κ1) is 15.4. The Morgan fingerprint density at radius 2 is 1.90 bits per heavy atom. The van der Waals surface area contributed by atoms with E-state index in [9.17, 15) is 13.9 Å². The van der Waals surface area contributed by atoms with E-state index in [1.807, 2.05) is 0 Å². The number of aliphatic hydroxyl groups excluding tert-OH is 1. The summed E-state index contributed by atoms with van der Waals surface area (Å²) in [5, 5.41) is 10.2. The smallest absolute Gasteiger partial charge is 0.162 e. The second-order valence-corrected chi connectivity index (χ2v) is 7.12. The first-order chi connectivity index (χ1) is 9.29. The van der Waals surface area contributed by atoms with Crippen LogP contribution in [0.5, 0.6) is 0 Å². The maximum Gasteiger partial charge on any atom is 0.162 e. The van der Waals surface area contributed by atoms with E-state index in [0.29, 0.717) is 17.9 Å². The average Bonchev–Trinajstić information content (AvgIpc) is 2.36. The van der Waals surface area contributed by atoms with Crippen molar-refractivity contribution in [3.05, 3.63) is 35.4 Å². The van der Waals surface area contributed by atoms with Gasteiger partial charge in [-0.3, -0.25) is 0 Å². The molecule has 3 heteroatoms. The molecule has 0 spiro atoms. The summed E-state index contributed by atoms with van der Waals surface area (Å²) in [6, 6.07) is 4.28. The molecule has 3 atom stereocenters. The molecule has 0 saturated heterocycles. The van der Waals surface area contributed by atoms with Gasteiger partial charge in [0.1, 0.15) is 0 Å². The molecule has 1 aromatic rings. The van der Waals surface area contributed by atoms with Crippen molar-refractivity contribution in [2.45, 2.75) is 52.6 Å². The first-order valence-corrected chi connectivity index (χ1v) is 7.40. The topological polar surface area (TPSA) is 20.2 Å². The fourth-order valence-electron chi connectivity index (χ4n) is 3.24. The van der Waals surface area contributed by atoms with Crippen LogP contribution >= 0.6 is 0 Å². The number of rotatable bonds is 2. The third-order valence-electron chi connectivity index (χ3n) is 4.68. The summed E-state index contributed by atoms with van der Waals surface area (Å²) in [7, 11) is 0. The Morgan fingerprint density at radius 1 is 1.20 bits per heavy atom. The number of benzene rings is 1. The largest absolute Gasteiger partial charge is 0.393 e. The fraction of sp³-hybridized carbons (Fsp3) is 0.647. The SMILES string of the molecule is CC(C)(C)C1CCC(O)C(Cc2cccc(F)c2F)C1. The van der Waals surface area contributed by atoms with Gasteiger partial charge < -0.3 is 5.11 Å². The third kappa shape index (κ3) is 3.38. The molecule has 0 amide bonds. The number of halogens is 2. The summed E-state index contributed by atoms with van der Waals surface area (Å²) in [5.41, 5.74) is 0.572. The molecule has 1 aliphatic rings. The molecule has 1 fully saturated rings. The van der Waals surface area contributed by atoms with Crippen LogP contribution < -0.4 is 0 Å². The molecule has 0 aromatic heterocycles. The fourth-order valence-corrected chi connectivity index (χ4v) is 3.24. The van der Waals surface area contributed by atoms with Gasteiger partial charge >= 0.3 is 0 Å². The molecule has 1 aromatic carbocycles. The lowest BCUT2D eigenvalue weighted by Gasteiger charge is -2.40. The van der Waals surface area contributed by atoms with Gasteiger partial charge in [-0.15, -0.1) is 0 Å². The van der Waals surface area contributed by atoms with Crippen molar-refractivity contribution >= 4 is 0 Å². The van der Waals surface area contributed by atoms with E-state index in [1.54, 1.807) is 6.07 Å². The number of hydrogen-bond acceptors (Lipinski definition) is 1. The molecule has 1 aliphatic carbocycles. The summed E-state index contributed by atoms with van der Waals surface area (Å²) >= 11 is 0. The highest BCUT2D eigenvalue weighted by molar-refractivity contribution is 5.20. The monoisotopic (exact) mass is 282 g/mol. The zero-order chi connectivity index (χ0) is 14.9. The third-order valence-corrected chi connectivity index (χ3v) is 4.68. The van der Waals surface area contributed by atoms with E-state index < -0.39 is 17.7 Å². The molecule has 0 aliphatic heterocycles. The van der Waals surface area contributed by atoms with Crippen molar-refractivity contribution in [2.75, 3.05) is 0 Å². The molecular formula is C17H24F2O. The zero-order valence-corrected chi connectivity index (χ0v) is 12.5. The maximum absolute atomic E-state index is 13.8. The molecule has 0 radical (unpaired) electrons. The average molecular weight is 282 g/mol. The van der Waals surface area contributed by atoms with Crippen molar-refractivity contribution in [1.29, 1.82) is 0 Å². The van der Waals surface area contributed by atoms with E-state index in [2.05, 4.69) is 20.8 Å². The molecule has 0 bridgehead atoms. The van der Waals surface area contributed by atoms with Gasteiger partial charge in [0.25, 0.3) is 0 Å². The Hall–Kier alpha value is -0.960. The normalized spacial score (nSPS) is 27.6. The molecule has 2 rings (SSSR count). The van der Waals surface area contributed by atoms with Gasteiger partial charge in [-0.1, -0.05) is 32.9 Å². The van der Waals surface area contributed by atoms with Gasteiger partial charge in [-0.25, -0.2) is 8.78 Å². The summed E-state index contributed by atoms with van der Waals surface area (Å²) in [4.78, 5) is 0. The molecule has 112 valence electrons. The second kappa shape index (κ2) is 5.80. The molecule has 20 heavy (non-hydrogen) atoms. The van der Waals surface area contributed by atoms with Gasteiger partial charge in [-0.05, 0) is 54.6 Å². The molecule has 3 unspecified atom stereocenters. The highest BCUT2D eigenvalue weighted by Crippen LogP contribution is 2.41. The van der Waals surface area contributed by atoms with Gasteiger partial charge in [0, 0.05) is 0 Å². The van der Waals surface area contributed by atoms with Crippen molar-refractivity contribution < 1.29 is 13.9 Å². The Kier molecular flexibility index (Phi) is 4.48. The summed E-state index contributed by atoms with van der Waals surface area (Å²) in [6.45, 7) is 6.61. The van der Waals surface area contributed by atoms with Gasteiger partial charge in [0.2, 0.25) is 0 Å². The summed E-state index contributed by atoms with van der Waals surface area (Å²) < 4.78 is 27.0. The minimum Gasteiger partial charge on any atom is -0.393 e. The maximum atomic E-state index is 13.8. The second-order valence-electron chi connectivity index (χ2n) is 7.12. The van der Waals surface area contributed by atoms with Crippen LogP contribution in [0.15, 0.2) is 18.2 Å². The van der Waals surface area contributed by atoms with E-state index in [1.165, 1.54) is 6.07 Å². The molecule has 1 N–H and O–H groups in total. The van der Waals surface area contributed by atoms with Crippen LogP contribution in [0, 0.1) is 28.9 Å². The standard InChI is InChI=1S/C17H24F2O/c1-17(2,3)13-7-8-15(20)12(10-13)9-11-5-4-6-14(18)16(11)19/h4-6,12-13,15,20H,7-10H2,1-3H3. The predicted molar refractivity (Wildman–Crippen MR) is 76.4 cm³/mol. The van der Waals surface area contributed by atoms with Crippen LogP contribution in [-0.2, 0) is 6.42 Å². The van der Waals surface area contributed by atoms with Crippen LogP contribution in [0.1, 0.15) is 45.6 Å². The predicted octanol–water partition coefficient (Wildman–Crippen LogP) is 4.33. The van der Waals surface area contributed by atoms with Crippen LogP contribution in [-0.4, -0.2) is 11.2 Å². The lowest BCUT2D eigenvalue weighted by molar-refractivity contribution is 0.0193.